The molecule has 4 rings (SSSR count). The molecule has 186 valence electrons. The number of sulfonamides is 1. The molecule has 35 heavy (non-hydrogen) atoms. The number of nitro benzene ring substituents is 1. The highest BCUT2D eigenvalue weighted by molar-refractivity contribution is 7.89. The van der Waals surface area contributed by atoms with E-state index in [0.29, 0.717) is 29.7 Å². The normalized spacial score (nSPS) is 15.3. The molecule has 2 aromatic heterocycles. The second-order valence-corrected chi connectivity index (χ2v) is 10.0. The largest absolute Gasteiger partial charge is 0.360 e. The van der Waals surface area contributed by atoms with E-state index < -0.39 is 26.8 Å². The van der Waals surface area contributed by atoms with Crippen molar-refractivity contribution in [1.82, 2.24) is 30.1 Å². The Kier molecular flexibility index (Phi) is 6.53. The maximum absolute atomic E-state index is 12.9. The molecule has 0 aliphatic carbocycles. The Morgan fingerprint density at radius 1 is 1.26 bits per heavy atom. The van der Waals surface area contributed by atoms with Crippen LogP contribution in [0.15, 0.2) is 27.6 Å². The molecule has 0 atom stereocenters. The molecular weight excluding hydrogens is 482 g/mol. The number of fused-ring (bicyclic) bond motifs is 1. The Morgan fingerprint density at radius 2 is 1.97 bits per heavy atom. The van der Waals surface area contributed by atoms with Crippen LogP contribution in [0.3, 0.4) is 0 Å². The van der Waals surface area contributed by atoms with Crippen molar-refractivity contribution in [2.45, 2.75) is 44.2 Å². The minimum atomic E-state index is -3.77. The van der Waals surface area contributed by atoms with Crippen LogP contribution in [0.25, 0.3) is 11.0 Å². The maximum atomic E-state index is 12.9. The summed E-state index contributed by atoms with van der Waals surface area (Å²) in [4.78, 5) is 42.0. The molecule has 0 saturated carbocycles. The standard InChI is InChI=1S/C20H23N7O7S/c1-11-18(12(2)34-25-11)35(32,33)26-7-5-13(6-8-26)22-20(29)19(28)21-10-17-23-15-4-3-14(27(30)31)9-16(15)24-17/h3-4,9,13H,5-8,10H2,1-2H3,(H,21,28)(H,22,29)(H,23,24). The number of benzene rings is 1. The van der Waals surface area contributed by atoms with Crippen LogP contribution in [0.1, 0.15) is 30.1 Å². The minimum Gasteiger partial charge on any atom is -0.360 e. The first-order valence-electron chi connectivity index (χ1n) is 10.7. The van der Waals surface area contributed by atoms with Gasteiger partial charge in [0.05, 0.1) is 22.5 Å². The zero-order valence-corrected chi connectivity index (χ0v) is 19.7. The first kappa shape index (κ1) is 24.3. The summed E-state index contributed by atoms with van der Waals surface area (Å²) in [6.45, 7) is 3.36. The molecule has 14 nitrogen and oxygen atoms in total. The number of nitrogens with zero attached hydrogens (tertiary/aromatic N) is 4. The molecule has 1 aliphatic rings. The quantitative estimate of drug-likeness (QED) is 0.245. The predicted molar refractivity (Wildman–Crippen MR) is 120 cm³/mol. The van der Waals surface area contributed by atoms with Crippen LogP contribution in [0, 0.1) is 24.0 Å². The van der Waals surface area contributed by atoms with Gasteiger partial charge in [0.2, 0.25) is 10.0 Å². The van der Waals surface area contributed by atoms with Crippen molar-refractivity contribution in [2.24, 2.45) is 0 Å². The van der Waals surface area contributed by atoms with Gasteiger partial charge in [-0.15, -0.1) is 0 Å². The van der Waals surface area contributed by atoms with Crippen molar-refractivity contribution >= 4 is 38.6 Å². The number of nitrogens with one attached hydrogen (secondary N) is 3. The number of amides is 2. The molecule has 3 aromatic rings. The van der Waals surface area contributed by atoms with Gasteiger partial charge in [0.1, 0.15) is 16.4 Å². The highest BCUT2D eigenvalue weighted by Gasteiger charge is 2.34. The van der Waals surface area contributed by atoms with E-state index in [1.807, 2.05) is 0 Å². The monoisotopic (exact) mass is 505 g/mol. The third kappa shape index (κ3) is 5.00. The van der Waals surface area contributed by atoms with Crippen LogP contribution < -0.4 is 10.6 Å². The van der Waals surface area contributed by atoms with E-state index in [1.54, 1.807) is 6.92 Å². The third-order valence-corrected chi connectivity index (χ3v) is 7.85. The number of hydrogen-bond donors (Lipinski definition) is 3. The van der Waals surface area contributed by atoms with Crippen LogP contribution in [0.5, 0.6) is 0 Å². The van der Waals surface area contributed by atoms with Gasteiger partial charge < -0.3 is 20.1 Å². The molecule has 1 saturated heterocycles. The predicted octanol–water partition coefficient (Wildman–Crippen LogP) is 0.662. The van der Waals surface area contributed by atoms with Gasteiger partial charge in [-0.25, -0.2) is 13.4 Å². The van der Waals surface area contributed by atoms with Crippen LogP contribution in [-0.4, -0.2) is 63.7 Å². The van der Waals surface area contributed by atoms with Gasteiger partial charge in [-0.1, -0.05) is 5.16 Å². The number of non-ortho nitro benzene ring substituents is 1. The van der Waals surface area contributed by atoms with Gasteiger partial charge in [0.25, 0.3) is 5.69 Å². The van der Waals surface area contributed by atoms with E-state index in [-0.39, 0.29) is 47.7 Å². The highest BCUT2D eigenvalue weighted by Crippen LogP contribution is 2.26. The minimum absolute atomic E-state index is 0.0551. The van der Waals surface area contributed by atoms with Crippen molar-refractivity contribution in [3.8, 4) is 0 Å². The molecule has 3 N–H and O–H groups in total. The maximum Gasteiger partial charge on any atom is 0.309 e. The summed E-state index contributed by atoms with van der Waals surface area (Å²) >= 11 is 0. The lowest BCUT2D eigenvalue weighted by molar-refractivity contribution is -0.384. The summed E-state index contributed by atoms with van der Waals surface area (Å²) in [6.07, 6.45) is 0.675. The molecule has 1 aliphatic heterocycles. The summed E-state index contributed by atoms with van der Waals surface area (Å²) in [5, 5.41) is 19.7. The molecule has 15 heteroatoms. The van der Waals surface area contributed by atoms with E-state index in [2.05, 4.69) is 25.8 Å². The lowest BCUT2D eigenvalue weighted by atomic mass is 10.1. The Morgan fingerprint density at radius 3 is 2.60 bits per heavy atom. The number of carbonyl (C=O) groups is 2. The van der Waals surface area contributed by atoms with Crippen LogP contribution in [0.4, 0.5) is 5.69 Å². The van der Waals surface area contributed by atoms with E-state index in [9.17, 15) is 28.1 Å². The topological polar surface area (TPSA) is 193 Å². The molecule has 0 unspecified atom stereocenters. The van der Waals surface area contributed by atoms with Gasteiger partial charge in [0.15, 0.2) is 5.76 Å². The first-order chi connectivity index (χ1) is 16.6. The number of rotatable bonds is 6. The average Bonchev–Trinajstić information content (AvgIpc) is 3.39. The fraction of sp³-hybridized carbons (Fsp3) is 0.400. The van der Waals surface area contributed by atoms with Crippen LogP contribution in [-0.2, 0) is 26.2 Å². The number of piperidine rings is 1. The zero-order valence-electron chi connectivity index (χ0n) is 18.9. The van der Waals surface area contributed by atoms with E-state index in [0.717, 1.165) is 0 Å². The summed E-state index contributed by atoms with van der Waals surface area (Å²) in [7, 11) is -3.77. The average molecular weight is 506 g/mol. The molecular formula is C20H23N7O7S. The number of hydrogen-bond acceptors (Lipinski definition) is 9. The van der Waals surface area contributed by atoms with Crippen molar-refractivity contribution in [2.75, 3.05) is 13.1 Å². The number of nitro groups is 1. The molecule has 1 fully saturated rings. The summed E-state index contributed by atoms with van der Waals surface area (Å²) < 4.78 is 32.1. The molecule has 2 amide bonds. The number of aromatic amines is 1. The van der Waals surface area contributed by atoms with Crippen molar-refractivity contribution in [3.05, 3.63) is 45.6 Å². The molecule has 0 spiro atoms. The van der Waals surface area contributed by atoms with E-state index in [1.165, 1.54) is 29.4 Å². The fourth-order valence-electron chi connectivity index (χ4n) is 3.96. The van der Waals surface area contributed by atoms with Crippen molar-refractivity contribution in [3.63, 3.8) is 0 Å². The smallest absolute Gasteiger partial charge is 0.309 e. The lowest BCUT2D eigenvalue weighted by Crippen LogP contribution is -2.50. The number of aryl methyl sites for hydroxylation is 2. The number of carbonyl (C=O) groups excluding carboxylic acids is 2. The van der Waals surface area contributed by atoms with Crippen molar-refractivity contribution in [1.29, 1.82) is 0 Å². The number of imidazole rings is 1. The Balaban J connectivity index is 1.28. The van der Waals surface area contributed by atoms with Gasteiger partial charge in [-0.3, -0.25) is 19.7 Å². The van der Waals surface area contributed by atoms with E-state index in [4.69, 9.17) is 4.52 Å². The highest BCUT2D eigenvalue weighted by atomic mass is 32.2. The Bertz CT molecular complexity index is 1380. The zero-order chi connectivity index (χ0) is 25.3. The van der Waals surface area contributed by atoms with Gasteiger partial charge >= 0.3 is 11.8 Å². The summed E-state index contributed by atoms with van der Waals surface area (Å²) in [5.74, 6) is -1.16. The second kappa shape index (κ2) is 9.42. The third-order valence-electron chi connectivity index (χ3n) is 5.70. The van der Waals surface area contributed by atoms with Crippen LogP contribution >= 0.6 is 0 Å². The lowest BCUT2D eigenvalue weighted by Gasteiger charge is -2.31. The molecule has 0 bridgehead atoms. The summed E-state index contributed by atoms with van der Waals surface area (Å²) in [5.41, 5.74) is 1.12. The Labute approximate surface area is 199 Å². The fourth-order valence-corrected chi connectivity index (χ4v) is 5.72. The number of H-pyrrole nitrogens is 1. The molecule has 1 aromatic carbocycles. The van der Waals surface area contributed by atoms with Crippen LogP contribution in [0.2, 0.25) is 0 Å². The van der Waals surface area contributed by atoms with Crippen molar-refractivity contribution < 1.29 is 27.5 Å². The SMILES string of the molecule is Cc1noc(C)c1S(=O)(=O)N1CCC(NC(=O)C(=O)NCc2nc3ccc([N+](=O)[O-])cc3[nH]2)CC1. The van der Waals surface area contributed by atoms with Gasteiger partial charge in [-0.2, -0.15) is 4.31 Å². The molecule has 0 radical (unpaired) electrons. The first-order valence-corrected chi connectivity index (χ1v) is 12.1. The molecule has 3 heterocycles. The number of aromatic nitrogens is 3. The Hall–Kier alpha value is -3.85. The van der Waals surface area contributed by atoms with Gasteiger partial charge in [0, 0.05) is 31.3 Å². The van der Waals surface area contributed by atoms with E-state index >= 15 is 0 Å². The second-order valence-electron chi connectivity index (χ2n) is 8.13. The summed E-state index contributed by atoms with van der Waals surface area (Å²) in [6, 6.07) is 3.78. The van der Waals surface area contributed by atoms with Gasteiger partial charge in [-0.05, 0) is 32.8 Å².